The molecule has 1 unspecified atom stereocenters. The van der Waals surface area contributed by atoms with Gasteiger partial charge in [0.15, 0.2) is 6.10 Å². The molecule has 0 bridgehead atoms. The van der Waals surface area contributed by atoms with E-state index in [-0.39, 0.29) is 6.61 Å². The predicted molar refractivity (Wildman–Crippen MR) is 72.3 cm³/mol. The first-order valence-electron chi connectivity index (χ1n) is 6.51. The zero-order valence-corrected chi connectivity index (χ0v) is 13.8. The monoisotopic (exact) mass is 354 g/mol. The Morgan fingerprint density at radius 1 is 0.957 bits per heavy atom. The summed E-state index contributed by atoms with van der Waals surface area (Å²) in [4.78, 5) is 33.2. The van der Waals surface area contributed by atoms with E-state index in [0.29, 0.717) is 0 Å². The summed E-state index contributed by atoms with van der Waals surface area (Å²) in [5.41, 5.74) is 0. The fraction of sp³-hybridized carbons (Fsp3) is 0.750. The van der Waals surface area contributed by atoms with Gasteiger partial charge in [0.2, 0.25) is 6.29 Å². The Morgan fingerprint density at radius 2 is 1.52 bits per heavy atom. The van der Waals surface area contributed by atoms with Crippen LogP contribution in [0.5, 0.6) is 0 Å². The number of hydrogen-bond acceptors (Lipinski definition) is 10. The second kappa shape index (κ2) is 7.70. The van der Waals surface area contributed by atoms with Crippen molar-refractivity contribution in [1.82, 2.24) is 0 Å². The number of rotatable bonds is 6. The number of carbonyl (C=O) groups excluding carboxylic acids is 3. The molecule has 1 fully saturated rings. The van der Waals surface area contributed by atoms with Gasteiger partial charge >= 0.3 is 17.9 Å². The Hall–Kier alpha value is -1.72. The van der Waals surface area contributed by atoms with Crippen LogP contribution in [-0.4, -0.2) is 63.8 Å². The van der Waals surface area contributed by atoms with E-state index in [2.05, 4.69) is 0 Å². The molecule has 0 saturated carbocycles. The number of esters is 3. The van der Waals surface area contributed by atoms with Crippen LogP contribution in [-0.2, 0) is 47.6 Å². The summed E-state index contributed by atoms with van der Waals surface area (Å²) in [5, 5.41) is 0. The largest absolute Gasteiger partial charge is 0.463 e. The lowest BCUT2D eigenvalue weighted by Crippen LogP contribution is -2.42. The highest BCUT2D eigenvalue weighted by Crippen LogP contribution is 2.29. The molecule has 0 aromatic heterocycles. The summed E-state index contributed by atoms with van der Waals surface area (Å²) < 4.78 is 47.5. The normalized spacial score (nSPS) is 27.3. The van der Waals surface area contributed by atoms with E-state index in [1.807, 2.05) is 0 Å². The molecule has 0 aliphatic carbocycles. The maximum absolute atomic E-state index is 11.4. The lowest BCUT2D eigenvalue weighted by molar-refractivity contribution is -0.197. The zero-order valence-electron chi connectivity index (χ0n) is 13.0. The molecule has 11 heteroatoms. The molecule has 0 spiro atoms. The van der Waals surface area contributed by atoms with E-state index in [0.717, 1.165) is 27.0 Å². The van der Waals surface area contributed by atoms with Gasteiger partial charge < -0.3 is 18.9 Å². The topological polar surface area (TPSA) is 132 Å². The molecule has 0 aromatic rings. The molecule has 10 nitrogen and oxygen atoms in total. The maximum Gasteiger partial charge on any atom is 0.305 e. The average Bonchev–Trinajstić information content (AvgIpc) is 2.62. The van der Waals surface area contributed by atoms with E-state index in [4.69, 9.17) is 23.1 Å². The van der Waals surface area contributed by atoms with Crippen LogP contribution in [0, 0.1) is 0 Å². The van der Waals surface area contributed by atoms with Crippen molar-refractivity contribution in [3.8, 4) is 0 Å². The average molecular weight is 354 g/mol. The molecule has 0 N–H and O–H groups in total. The third kappa shape index (κ3) is 6.50. The van der Waals surface area contributed by atoms with Crippen molar-refractivity contribution >= 4 is 28.0 Å². The summed E-state index contributed by atoms with van der Waals surface area (Å²) in [7, 11) is -3.95. The van der Waals surface area contributed by atoms with Crippen molar-refractivity contribution in [2.45, 2.75) is 45.4 Å². The molecule has 1 aliphatic heterocycles. The zero-order chi connectivity index (χ0) is 17.8. The van der Waals surface area contributed by atoms with Crippen LogP contribution in [0.15, 0.2) is 0 Å². The third-order valence-electron chi connectivity index (χ3n) is 2.59. The SMILES string of the molecule is CC(=O)OC[C@H]1OC(OC(C)=O)[C@H](OC(C)=O)[C@H]1OS(C)(=O)=O. The Bertz CT molecular complexity index is 568. The third-order valence-corrected chi connectivity index (χ3v) is 3.16. The van der Waals surface area contributed by atoms with Gasteiger partial charge in [-0.25, -0.2) is 0 Å². The molecule has 23 heavy (non-hydrogen) atoms. The second-order valence-electron chi connectivity index (χ2n) is 4.79. The van der Waals surface area contributed by atoms with E-state index in [1.54, 1.807) is 0 Å². The first kappa shape index (κ1) is 19.3. The molecule has 1 aliphatic rings. The highest BCUT2D eigenvalue weighted by atomic mass is 32.2. The Morgan fingerprint density at radius 3 is 1.96 bits per heavy atom. The first-order valence-corrected chi connectivity index (χ1v) is 8.32. The molecule has 1 saturated heterocycles. The highest BCUT2D eigenvalue weighted by molar-refractivity contribution is 7.86. The number of ether oxygens (including phenoxy) is 4. The number of hydrogen-bond donors (Lipinski definition) is 0. The predicted octanol–water partition coefficient (Wildman–Crippen LogP) is -0.886. The standard InChI is InChI=1S/C12H18O10S/c1-6(13)18-5-9-10(22-23(4,16)17)11(19-7(2)14)12(21-9)20-8(3)15/h9-12H,5H2,1-4H3/t9-,10+,11-,12?/m1/s1. The van der Waals surface area contributed by atoms with Crippen LogP contribution in [0.25, 0.3) is 0 Å². The summed E-state index contributed by atoms with van der Waals surface area (Å²) in [6.07, 6.45) is -4.37. The van der Waals surface area contributed by atoms with Gasteiger partial charge in [-0.2, -0.15) is 8.42 Å². The fourth-order valence-electron chi connectivity index (χ4n) is 1.92. The quantitative estimate of drug-likeness (QED) is 0.336. The van der Waals surface area contributed by atoms with Gasteiger partial charge in [0.25, 0.3) is 10.1 Å². The van der Waals surface area contributed by atoms with Crippen molar-refractivity contribution < 1.29 is 45.9 Å². The first-order chi connectivity index (χ1) is 10.5. The van der Waals surface area contributed by atoms with Crippen molar-refractivity contribution in [2.75, 3.05) is 12.9 Å². The molecule has 0 amide bonds. The van der Waals surface area contributed by atoms with Crippen LogP contribution < -0.4 is 0 Å². The van der Waals surface area contributed by atoms with Gasteiger partial charge in [0, 0.05) is 20.8 Å². The summed E-state index contributed by atoms with van der Waals surface area (Å²) in [6, 6.07) is 0. The summed E-state index contributed by atoms with van der Waals surface area (Å²) in [6.45, 7) is 2.96. The van der Waals surface area contributed by atoms with E-state index >= 15 is 0 Å². The van der Waals surface area contributed by atoms with Crippen LogP contribution >= 0.6 is 0 Å². The van der Waals surface area contributed by atoms with Gasteiger partial charge in [-0.15, -0.1) is 0 Å². The Labute approximate surface area is 133 Å². The lowest BCUT2D eigenvalue weighted by atomic mass is 10.1. The molecule has 4 atom stereocenters. The van der Waals surface area contributed by atoms with Gasteiger partial charge in [0.05, 0.1) is 6.26 Å². The molecule has 0 radical (unpaired) electrons. The molecule has 0 aromatic carbocycles. The summed E-state index contributed by atoms with van der Waals surface area (Å²) in [5.74, 6) is -2.13. The summed E-state index contributed by atoms with van der Waals surface area (Å²) >= 11 is 0. The van der Waals surface area contributed by atoms with Crippen LogP contribution in [0.2, 0.25) is 0 Å². The van der Waals surface area contributed by atoms with Crippen molar-refractivity contribution in [3.63, 3.8) is 0 Å². The second-order valence-corrected chi connectivity index (χ2v) is 6.39. The van der Waals surface area contributed by atoms with E-state index in [1.165, 1.54) is 0 Å². The molecule has 1 heterocycles. The van der Waals surface area contributed by atoms with E-state index < -0.39 is 52.6 Å². The minimum absolute atomic E-state index is 0.370. The minimum Gasteiger partial charge on any atom is -0.463 e. The van der Waals surface area contributed by atoms with Crippen molar-refractivity contribution in [1.29, 1.82) is 0 Å². The number of carbonyl (C=O) groups is 3. The van der Waals surface area contributed by atoms with Gasteiger partial charge in [0.1, 0.15) is 18.8 Å². The Kier molecular flexibility index (Phi) is 6.47. The molecule has 132 valence electrons. The van der Waals surface area contributed by atoms with Crippen LogP contribution in [0.3, 0.4) is 0 Å². The lowest BCUT2D eigenvalue weighted by Gasteiger charge is -2.22. The van der Waals surface area contributed by atoms with Crippen molar-refractivity contribution in [2.24, 2.45) is 0 Å². The highest BCUT2D eigenvalue weighted by Gasteiger charge is 2.51. The maximum atomic E-state index is 11.4. The molecular formula is C12H18O10S. The van der Waals surface area contributed by atoms with Crippen molar-refractivity contribution in [3.05, 3.63) is 0 Å². The van der Waals surface area contributed by atoms with Gasteiger partial charge in [-0.3, -0.25) is 18.6 Å². The van der Waals surface area contributed by atoms with Crippen LogP contribution in [0.4, 0.5) is 0 Å². The van der Waals surface area contributed by atoms with Gasteiger partial charge in [-0.1, -0.05) is 0 Å². The smallest absolute Gasteiger partial charge is 0.305 e. The molecule has 1 rings (SSSR count). The van der Waals surface area contributed by atoms with Crippen LogP contribution in [0.1, 0.15) is 20.8 Å². The van der Waals surface area contributed by atoms with Gasteiger partial charge in [-0.05, 0) is 0 Å². The van der Waals surface area contributed by atoms with E-state index in [9.17, 15) is 22.8 Å². The minimum atomic E-state index is -3.95. The fourth-order valence-corrected chi connectivity index (χ4v) is 2.56. The molecular weight excluding hydrogens is 336 g/mol. The Balaban J connectivity index is 3.04.